The molecule has 0 aliphatic rings. The molecule has 0 aliphatic heterocycles. The molecule has 1 aromatic carbocycles. The van der Waals surface area contributed by atoms with Crippen molar-refractivity contribution in [1.82, 2.24) is 9.88 Å². The van der Waals surface area contributed by atoms with Gasteiger partial charge in [-0.3, -0.25) is 0 Å². The van der Waals surface area contributed by atoms with Gasteiger partial charge in [0.1, 0.15) is 0 Å². The molecule has 18 heavy (non-hydrogen) atoms. The molecule has 5 heteroatoms. The molecule has 0 saturated carbocycles. The monoisotopic (exact) mass is 327 g/mol. The first-order valence-electron chi connectivity index (χ1n) is 6.06. The van der Waals surface area contributed by atoms with Crippen LogP contribution in [0.25, 0.3) is 10.2 Å². The number of thiazole rings is 1. The van der Waals surface area contributed by atoms with Crippen molar-refractivity contribution in [2.24, 2.45) is 0 Å². The van der Waals surface area contributed by atoms with Crippen LogP contribution in [0.2, 0.25) is 0 Å². The number of nitrogens with zero attached hydrogens (tertiary/aromatic N) is 2. The number of hydrogen-bond acceptors (Lipinski definition) is 4. The lowest BCUT2D eigenvalue weighted by molar-refractivity contribution is 0.284. The Hall–Kier alpha value is -0.650. The lowest BCUT2D eigenvalue weighted by atomic mass is 10.3. The van der Waals surface area contributed by atoms with Crippen LogP contribution in [0.5, 0.6) is 0 Å². The Morgan fingerprint density at radius 1 is 1.44 bits per heavy atom. The third-order valence-corrected chi connectivity index (χ3v) is 4.46. The fourth-order valence-corrected chi connectivity index (χ4v) is 2.79. The summed E-state index contributed by atoms with van der Waals surface area (Å²) in [6, 6.07) is 6.79. The van der Waals surface area contributed by atoms with Gasteiger partial charge in [-0.2, -0.15) is 0 Å². The Bertz CT molecular complexity index is 524. The zero-order valence-corrected chi connectivity index (χ0v) is 13.3. The maximum atomic E-state index is 4.57. The van der Waals surface area contributed by atoms with E-state index in [9.17, 15) is 0 Å². The molecule has 0 atom stereocenters. The van der Waals surface area contributed by atoms with E-state index in [-0.39, 0.29) is 0 Å². The van der Waals surface area contributed by atoms with Crippen LogP contribution in [-0.4, -0.2) is 36.1 Å². The summed E-state index contributed by atoms with van der Waals surface area (Å²) in [5.74, 6) is 0. The molecule has 2 rings (SSSR count). The van der Waals surface area contributed by atoms with Crippen LogP contribution in [0.3, 0.4) is 0 Å². The molecular formula is C13H18BrN3S. The Kier molecular flexibility index (Phi) is 4.59. The Balaban J connectivity index is 1.96. The average molecular weight is 328 g/mol. The van der Waals surface area contributed by atoms with E-state index < -0.39 is 0 Å². The largest absolute Gasteiger partial charge is 0.360 e. The van der Waals surface area contributed by atoms with E-state index in [4.69, 9.17) is 0 Å². The second kappa shape index (κ2) is 5.99. The maximum absolute atomic E-state index is 4.57. The summed E-state index contributed by atoms with van der Waals surface area (Å²) in [4.78, 5) is 6.89. The van der Waals surface area contributed by atoms with Crippen LogP contribution < -0.4 is 5.32 Å². The molecule has 0 radical (unpaired) electrons. The molecule has 1 heterocycles. The highest BCUT2D eigenvalue weighted by Gasteiger charge is 2.05. The van der Waals surface area contributed by atoms with Gasteiger partial charge in [-0.1, -0.05) is 27.3 Å². The summed E-state index contributed by atoms with van der Waals surface area (Å²) in [5.41, 5.74) is 1.05. The average Bonchev–Trinajstić information content (AvgIpc) is 2.70. The van der Waals surface area contributed by atoms with Gasteiger partial charge < -0.3 is 10.2 Å². The molecule has 98 valence electrons. The lowest BCUT2D eigenvalue weighted by Gasteiger charge is -2.20. The summed E-state index contributed by atoms with van der Waals surface area (Å²) in [6.45, 7) is 6.36. The van der Waals surface area contributed by atoms with Crippen LogP contribution >= 0.6 is 27.3 Å². The molecule has 0 amide bonds. The van der Waals surface area contributed by atoms with Gasteiger partial charge in [0.05, 0.1) is 10.2 Å². The van der Waals surface area contributed by atoms with Crippen LogP contribution in [0.1, 0.15) is 13.8 Å². The second-order valence-corrected chi connectivity index (χ2v) is 6.58. The van der Waals surface area contributed by atoms with Gasteiger partial charge in [0.2, 0.25) is 0 Å². The molecule has 3 nitrogen and oxygen atoms in total. The van der Waals surface area contributed by atoms with Gasteiger partial charge in [0.25, 0.3) is 0 Å². The SMILES string of the molecule is CC(C)N(C)CCNc1nc2cc(Br)ccc2s1. The highest BCUT2D eigenvalue weighted by Crippen LogP contribution is 2.27. The van der Waals surface area contributed by atoms with Crippen molar-refractivity contribution in [2.75, 3.05) is 25.5 Å². The first-order chi connectivity index (χ1) is 8.56. The number of hydrogen-bond donors (Lipinski definition) is 1. The van der Waals surface area contributed by atoms with Gasteiger partial charge in [-0.05, 0) is 39.1 Å². The van der Waals surface area contributed by atoms with Crippen LogP contribution in [0.15, 0.2) is 22.7 Å². The van der Waals surface area contributed by atoms with Crippen molar-refractivity contribution in [3.8, 4) is 0 Å². The zero-order chi connectivity index (χ0) is 13.1. The quantitative estimate of drug-likeness (QED) is 0.905. The fraction of sp³-hybridized carbons (Fsp3) is 0.462. The van der Waals surface area contributed by atoms with Gasteiger partial charge in [0, 0.05) is 23.6 Å². The smallest absolute Gasteiger partial charge is 0.183 e. The summed E-state index contributed by atoms with van der Waals surface area (Å²) in [7, 11) is 2.14. The highest BCUT2D eigenvalue weighted by molar-refractivity contribution is 9.10. The van der Waals surface area contributed by atoms with Gasteiger partial charge in [-0.15, -0.1) is 0 Å². The fourth-order valence-electron chi connectivity index (χ4n) is 1.57. The summed E-state index contributed by atoms with van der Waals surface area (Å²) < 4.78 is 2.30. The number of fused-ring (bicyclic) bond motifs is 1. The van der Waals surface area contributed by atoms with E-state index in [0.717, 1.165) is 28.2 Å². The first kappa shape index (κ1) is 13.8. The first-order valence-corrected chi connectivity index (χ1v) is 7.67. The van der Waals surface area contributed by atoms with Crippen molar-refractivity contribution in [3.05, 3.63) is 22.7 Å². The number of halogens is 1. The minimum absolute atomic E-state index is 0.582. The molecule has 0 saturated heterocycles. The molecular weight excluding hydrogens is 310 g/mol. The zero-order valence-electron chi connectivity index (χ0n) is 10.9. The number of aromatic nitrogens is 1. The van der Waals surface area contributed by atoms with Gasteiger partial charge in [0.15, 0.2) is 5.13 Å². The van der Waals surface area contributed by atoms with Crippen LogP contribution in [0.4, 0.5) is 5.13 Å². The Labute approximate surface area is 120 Å². The summed E-state index contributed by atoms with van der Waals surface area (Å²) in [6.07, 6.45) is 0. The van der Waals surface area contributed by atoms with E-state index in [2.05, 4.69) is 70.2 Å². The number of anilines is 1. The Morgan fingerprint density at radius 2 is 2.22 bits per heavy atom. The highest BCUT2D eigenvalue weighted by atomic mass is 79.9. The van der Waals surface area contributed by atoms with Crippen molar-refractivity contribution in [3.63, 3.8) is 0 Å². The van der Waals surface area contributed by atoms with E-state index in [0.29, 0.717) is 6.04 Å². The third-order valence-electron chi connectivity index (χ3n) is 2.97. The van der Waals surface area contributed by atoms with Gasteiger partial charge in [-0.25, -0.2) is 4.98 Å². The molecule has 2 aromatic rings. The second-order valence-electron chi connectivity index (χ2n) is 4.63. The normalized spacial score (nSPS) is 11.7. The molecule has 0 unspecified atom stereocenters. The van der Waals surface area contributed by atoms with E-state index >= 15 is 0 Å². The number of rotatable bonds is 5. The number of benzene rings is 1. The minimum Gasteiger partial charge on any atom is -0.360 e. The lowest BCUT2D eigenvalue weighted by Crippen LogP contribution is -2.31. The summed E-state index contributed by atoms with van der Waals surface area (Å²) in [5, 5.41) is 4.39. The maximum Gasteiger partial charge on any atom is 0.183 e. The van der Waals surface area contributed by atoms with Crippen molar-refractivity contribution < 1.29 is 0 Å². The predicted octanol–water partition coefficient (Wildman–Crippen LogP) is 3.81. The van der Waals surface area contributed by atoms with Gasteiger partial charge >= 0.3 is 0 Å². The molecule has 0 spiro atoms. The molecule has 1 N–H and O–H groups in total. The third kappa shape index (κ3) is 3.43. The molecule has 0 fully saturated rings. The van der Waals surface area contributed by atoms with E-state index in [1.165, 1.54) is 4.70 Å². The van der Waals surface area contributed by atoms with Crippen molar-refractivity contribution in [1.29, 1.82) is 0 Å². The topological polar surface area (TPSA) is 28.2 Å². The number of nitrogens with one attached hydrogen (secondary N) is 1. The molecule has 0 bridgehead atoms. The van der Waals surface area contributed by atoms with E-state index in [1.54, 1.807) is 11.3 Å². The number of likely N-dealkylation sites (N-methyl/N-ethyl adjacent to an activating group) is 1. The molecule has 0 aliphatic carbocycles. The van der Waals surface area contributed by atoms with Crippen LogP contribution in [0, 0.1) is 0 Å². The standard InChI is InChI=1S/C13H18BrN3S/c1-9(2)17(3)7-6-15-13-16-11-8-10(14)4-5-12(11)18-13/h4-5,8-9H,6-7H2,1-3H3,(H,15,16). The van der Waals surface area contributed by atoms with Crippen molar-refractivity contribution >= 4 is 42.6 Å². The van der Waals surface area contributed by atoms with Crippen LogP contribution in [-0.2, 0) is 0 Å². The predicted molar refractivity (Wildman–Crippen MR) is 83.6 cm³/mol. The van der Waals surface area contributed by atoms with E-state index in [1.807, 2.05) is 0 Å². The van der Waals surface area contributed by atoms with Crippen molar-refractivity contribution in [2.45, 2.75) is 19.9 Å². The minimum atomic E-state index is 0.582. The summed E-state index contributed by atoms with van der Waals surface area (Å²) >= 11 is 5.17. The Morgan fingerprint density at radius 3 is 2.94 bits per heavy atom. The molecule has 1 aromatic heterocycles.